The summed E-state index contributed by atoms with van der Waals surface area (Å²) in [6.45, 7) is 0.270. The molecule has 0 fully saturated rings. The van der Waals surface area contributed by atoms with Crippen LogP contribution in [-0.4, -0.2) is 26.2 Å². The molecule has 1 atom stereocenters. The quantitative estimate of drug-likeness (QED) is 0.379. The van der Waals surface area contributed by atoms with Gasteiger partial charge in [0.15, 0.2) is 21.4 Å². The lowest BCUT2D eigenvalue weighted by atomic mass is 10.0. The van der Waals surface area contributed by atoms with E-state index in [1.807, 2.05) is 30.3 Å². The molecule has 0 aliphatic heterocycles. The first-order valence-electron chi connectivity index (χ1n) is 10.0. The molecule has 0 aromatic heterocycles. The van der Waals surface area contributed by atoms with Gasteiger partial charge in [0.05, 0.1) is 5.56 Å². The second-order valence-electron chi connectivity index (χ2n) is 7.42. The van der Waals surface area contributed by atoms with E-state index in [4.69, 9.17) is 16.3 Å². The Kier molecular flexibility index (Phi) is 7.83. The van der Waals surface area contributed by atoms with Crippen LogP contribution < -0.4 is 4.74 Å². The minimum Gasteiger partial charge on any atom is -0.488 e. The summed E-state index contributed by atoms with van der Waals surface area (Å²) in [4.78, 5) is 25.7. The Morgan fingerprint density at radius 3 is 2.16 bits per heavy atom. The van der Waals surface area contributed by atoms with Gasteiger partial charge in [-0.15, -0.1) is 0 Å². The number of ketones is 2. The van der Waals surface area contributed by atoms with Crippen molar-refractivity contribution in [3.8, 4) is 5.75 Å². The minimum absolute atomic E-state index is 0.153. The van der Waals surface area contributed by atoms with Crippen molar-refractivity contribution in [1.82, 2.24) is 0 Å². The minimum atomic E-state index is -3.69. The highest BCUT2D eigenvalue weighted by Gasteiger charge is 2.30. The molecule has 0 saturated heterocycles. The molecule has 3 rings (SSSR count). The average Bonchev–Trinajstić information content (AvgIpc) is 2.77. The lowest BCUT2D eigenvalue weighted by Crippen LogP contribution is -2.22. The number of rotatable bonds is 10. The molecule has 5 nitrogen and oxygen atoms in total. The van der Waals surface area contributed by atoms with Crippen LogP contribution in [0.2, 0.25) is 5.02 Å². The van der Waals surface area contributed by atoms with Gasteiger partial charge in [0, 0.05) is 24.1 Å². The van der Waals surface area contributed by atoms with Crippen LogP contribution in [-0.2, 0) is 21.2 Å². The number of ether oxygens (including phenoxy) is 1. The van der Waals surface area contributed by atoms with Gasteiger partial charge in [-0.2, -0.15) is 0 Å². The van der Waals surface area contributed by atoms with Gasteiger partial charge in [-0.25, -0.2) is 8.42 Å². The van der Waals surface area contributed by atoms with Crippen molar-refractivity contribution in [3.63, 3.8) is 0 Å². The van der Waals surface area contributed by atoms with E-state index < -0.39 is 20.9 Å². The van der Waals surface area contributed by atoms with Crippen LogP contribution in [0.25, 0.3) is 0 Å². The number of hydrogen-bond donors (Lipinski definition) is 0. The number of Topliss-reactive ketones (excluding diaryl/α,β-unsaturated/α-hetero) is 2. The normalized spacial score (nSPS) is 12.2. The van der Waals surface area contributed by atoms with Gasteiger partial charge in [-0.1, -0.05) is 72.3 Å². The number of carbonyl (C=O) groups excluding carboxylic acids is 2. The highest BCUT2D eigenvalue weighted by atomic mass is 35.5. The van der Waals surface area contributed by atoms with E-state index in [0.29, 0.717) is 16.3 Å². The molecule has 0 aliphatic rings. The molecule has 7 heteroatoms. The van der Waals surface area contributed by atoms with Gasteiger partial charge >= 0.3 is 0 Å². The second-order valence-corrected chi connectivity index (χ2v) is 9.99. The number of benzene rings is 3. The predicted molar refractivity (Wildman–Crippen MR) is 125 cm³/mol. The fourth-order valence-corrected chi connectivity index (χ4v) is 4.80. The molecule has 166 valence electrons. The van der Waals surface area contributed by atoms with Gasteiger partial charge in [-0.3, -0.25) is 9.59 Å². The van der Waals surface area contributed by atoms with Crippen LogP contribution in [0.5, 0.6) is 5.75 Å². The van der Waals surface area contributed by atoms with Gasteiger partial charge < -0.3 is 4.74 Å². The molecule has 3 aromatic carbocycles. The zero-order valence-corrected chi connectivity index (χ0v) is 19.1. The maximum Gasteiger partial charge on any atom is 0.167 e. The van der Waals surface area contributed by atoms with E-state index in [9.17, 15) is 18.0 Å². The Morgan fingerprint density at radius 2 is 1.53 bits per heavy atom. The van der Waals surface area contributed by atoms with Crippen molar-refractivity contribution in [3.05, 3.63) is 101 Å². The lowest BCUT2D eigenvalue weighted by Gasteiger charge is -2.15. The third kappa shape index (κ3) is 6.28. The molecule has 32 heavy (non-hydrogen) atoms. The topological polar surface area (TPSA) is 77.5 Å². The van der Waals surface area contributed by atoms with Crippen molar-refractivity contribution in [1.29, 1.82) is 0 Å². The van der Waals surface area contributed by atoms with Crippen molar-refractivity contribution < 1.29 is 22.7 Å². The van der Waals surface area contributed by atoms with Crippen molar-refractivity contribution in [2.24, 2.45) is 0 Å². The zero-order chi connectivity index (χ0) is 23.1. The first-order chi connectivity index (χ1) is 15.3. The Morgan fingerprint density at radius 1 is 0.906 bits per heavy atom. The van der Waals surface area contributed by atoms with Crippen LogP contribution in [0.3, 0.4) is 0 Å². The van der Waals surface area contributed by atoms with E-state index in [2.05, 4.69) is 0 Å². The van der Waals surface area contributed by atoms with Crippen molar-refractivity contribution in [2.75, 3.05) is 6.26 Å². The Labute approximate surface area is 192 Å². The third-order valence-electron chi connectivity index (χ3n) is 4.90. The Hall–Kier alpha value is -2.96. The average molecular weight is 471 g/mol. The SMILES string of the molecule is CS(=O)(=O)C(C(=O)CCC(=O)c1cc(Cl)ccc1OCc1ccccc1)c1ccccc1. The molecular formula is C25H23ClO5S. The fourth-order valence-electron chi connectivity index (χ4n) is 3.38. The van der Waals surface area contributed by atoms with Crippen molar-refractivity contribution >= 4 is 33.0 Å². The number of hydrogen-bond acceptors (Lipinski definition) is 5. The number of halogens is 1. The number of sulfone groups is 1. The molecule has 0 N–H and O–H groups in total. The monoisotopic (exact) mass is 470 g/mol. The molecule has 3 aromatic rings. The molecule has 0 bridgehead atoms. The lowest BCUT2D eigenvalue weighted by molar-refractivity contribution is -0.118. The van der Waals surface area contributed by atoms with E-state index in [1.54, 1.807) is 42.5 Å². The largest absolute Gasteiger partial charge is 0.488 e. The van der Waals surface area contributed by atoms with Crippen molar-refractivity contribution in [2.45, 2.75) is 24.7 Å². The zero-order valence-electron chi connectivity index (χ0n) is 17.5. The second kappa shape index (κ2) is 10.6. The van der Waals surface area contributed by atoms with Gasteiger partial charge in [0.2, 0.25) is 0 Å². The summed E-state index contributed by atoms with van der Waals surface area (Å²) in [5.41, 5.74) is 1.59. The summed E-state index contributed by atoms with van der Waals surface area (Å²) >= 11 is 6.08. The number of carbonyl (C=O) groups is 2. The van der Waals surface area contributed by atoms with Gasteiger partial charge in [-0.05, 0) is 29.3 Å². The van der Waals surface area contributed by atoms with E-state index in [0.717, 1.165) is 11.8 Å². The van der Waals surface area contributed by atoms with Gasteiger partial charge in [0.25, 0.3) is 0 Å². The molecule has 0 radical (unpaired) electrons. The summed E-state index contributed by atoms with van der Waals surface area (Å²) in [5, 5.41) is -0.935. The summed E-state index contributed by atoms with van der Waals surface area (Å²) < 4.78 is 30.3. The Balaban J connectivity index is 1.73. The van der Waals surface area contributed by atoms with E-state index in [1.165, 1.54) is 6.07 Å². The first-order valence-corrected chi connectivity index (χ1v) is 12.3. The summed E-state index contributed by atoms with van der Waals surface area (Å²) in [6, 6.07) is 22.5. The third-order valence-corrected chi connectivity index (χ3v) is 6.53. The standard InChI is InChI=1S/C25H23ClO5S/c1-32(29,30)25(19-10-6-3-7-11-19)23(28)14-13-22(27)21-16-20(26)12-15-24(21)31-17-18-8-4-2-5-9-18/h2-12,15-16,25H,13-14,17H2,1H3. The Bertz CT molecular complexity index is 1190. The molecule has 0 aliphatic carbocycles. The van der Waals surface area contributed by atoms with Crippen LogP contribution in [0, 0.1) is 0 Å². The van der Waals surface area contributed by atoms with Crippen LogP contribution in [0.15, 0.2) is 78.9 Å². The smallest absolute Gasteiger partial charge is 0.167 e. The summed E-state index contributed by atoms with van der Waals surface area (Å²) in [6.07, 6.45) is 0.659. The fraction of sp³-hybridized carbons (Fsp3) is 0.200. The highest BCUT2D eigenvalue weighted by molar-refractivity contribution is 7.91. The molecular weight excluding hydrogens is 448 g/mol. The maximum absolute atomic E-state index is 12.9. The summed E-state index contributed by atoms with van der Waals surface area (Å²) in [7, 11) is -3.69. The van der Waals surface area contributed by atoms with E-state index >= 15 is 0 Å². The molecule has 1 unspecified atom stereocenters. The van der Waals surface area contributed by atoms with Crippen LogP contribution in [0.4, 0.5) is 0 Å². The maximum atomic E-state index is 12.9. The molecule has 0 spiro atoms. The molecule has 0 amide bonds. The van der Waals surface area contributed by atoms with Gasteiger partial charge in [0.1, 0.15) is 17.6 Å². The predicted octanol–water partition coefficient (Wildman–Crippen LogP) is 5.24. The van der Waals surface area contributed by atoms with E-state index in [-0.39, 0.29) is 30.8 Å². The van der Waals surface area contributed by atoms with Crippen LogP contribution in [0.1, 0.15) is 39.6 Å². The summed E-state index contributed by atoms with van der Waals surface area (Å²) in [5.74, 6) is -0.511. The molecule has 0 saturated carbocycles. The first kappa shape index (κ1) is 23.7. The highest BCUT2D eigenvalue weighted by Crippen LogP contribution is 2.28. The molecule has 0 heterocycles. The van der Waals surface area contributed by atoms with Crippen LogP contribution >= 0.6 is 11.6 Å².